The number of allylic oxidation sites excluding steroid dienone is 1. The second-order valence-electron chi connectivity index (χ2n) is 6.28. The van der Waals surface area contributed by atoms with Gasteiger partial charge in [0.15, 0.2) is 5.78 Å². The van der Waals surface area contributed by atoms with Crippen LogP contribution in [0.1, 0.15) is 21.7 Å². The van der Waals surface area contributed by atoms with Gasteiger partial charge < -0.3 is 10.2 Å². The molecule has 0 spiro atoms. The molecule has 1 saturated heterocycles. The van der Waals surface area contributed by atoms with Gasteiger partial charge in [0.25, 0.3) is 5.91 Å². The number of piperazine rings is 1. The summed E-state index contributed by atoms with van der Waals surface area (Å²) >= 11 is 0. The Morgan fingerprint density at radius 1 is 1.00 bits per heavy atom. The molecule has 0 bridgehead atoms. The first-order valence-electron chi connectivity index (χ1n) is 9.03. The average molecular weight is 378 g/mol. The highest BCUT2D eigenvalue weighted by molar-refractivity contribution is 6.06. The number of ketones is 1. The van der Waals surface area contributed by atoms with E-state index in [4.69, 9.17) is 5.21 Å². The summed E-state index contributed by atoms with van der Waals surface area (Å²) in [5.74, 6) is -0.739. The van der Waals surface area contributed by atoms with Gasteiger partial charge >= 0.3 is 0 Å². The van der Waals surface area contributed by atoms with Crippen molar-refractivity contribution >= 4 is 29.5 Å². The Hall–Kier alpha value is -3.29. The van der Waals surface area contributed by atoms with Crippen molar-refractivity contribution < 1.29 is 14.8 Å². The third-order valence-electron chi connectivity index (χ3n) is 4.35. The first-order valence-corrected chi connectivity index (χ1v) is 9.03. The lowest BCUT2D eigenvalue weighted by Crippen LogP contribution is -2.43. The lowest BCUT2D eigenvalue weighted by atomic mass is 10.1. The average Bonchev–Trinajstić information content (AvgIpc) is 2.76. The van der Waals surface area contributed by atoms with Gasteiger partial charge in [-0.3, -0.25) is 14.8 Å². The number of nitrogens with one attached hydrogen (secondary N) is 2. The van der Waals surface area contributed by atoms with Crippen molar-refractivity contribution in [2.45, 2.75) is 0 Å². The standard InChI is InChI=1S/C21H22N4O3/c26-20(16-4-8-19(9-5-16)25-14-12-22-13-15-25)10-6-17-2-1-3-18(23-17)7-11-21(27)24-28/h1-11,22,28H,12-15H2,(H,24,27). The number of hydrogen-bond donors (Lipinski definition) is 3. The van der Waals surface area contributed by atoms with Gasteiger partial charge in [-0.25, -0.2) is 10.5 Å². The van der Waals surface area contributed by atoms with Crippen molar-refractivity contribution in [3.63, 3.8) is 0 Å². The molecule has 0 radical (unpaired) electrons. The lowest BCUT2D eigenvalue weighted by Gasteiger charge is -2.29. The summed E-state index contributed by atoms with van der Waals surface area (Å²) in [5.41, 5.74) is 4.39. The summed E-state index contributed by atoms with van der Waals surface area (Å²) in [6, 6.07) is 12.9. The van der Waals surface area contributed by atoms with Crippen LogP contribution in [0.2, 0.25) is 0 Å². The van der Waals surface area contributed by atoms with E-state index in [1.165, 1.54) is 23.7 Å². The van der Waals surface area contributed by atoms with E-state index < -0.39 is 5.91 Å². The molecular formula is C21H22N4O3. The van der Waals surface area contributed by atoms with Crippen LogP contribution < -0.4 is 15.7 Å². The molecule has 28 heavy (non-hydrogen) atoms. The number of nitrogens with zero attached hydrogens (tertiary/aromatic N) is 2. The quantitative estimate of drug-likeness (QED) is 0.308. The maximum atomic E-state index is 12.4. The Morgan fingerprint density at radius 2 is 1.64 bits per heavy atom. The number of hydroxylamine groups is 1. The summed E-state index contributed by atoms with van der Waals surface area (Å²) in [7, 11) is 0. The van der Waals surface area contributed by atoms with Crippen molar-refractivity contribution in [1.29, 1.82) is 0 Å². The van der Waals surface area contributed by atoms with Crippen LogP contribution >= 0.6 is 0 Å². The van der Waals surface area contributed by atoms with E-state index >= 15 is 0 Å². The summed E-state index contributed by atoms with van der Waals surface area (Å²) in [5, 5.41) is 11.8. The fourth-order valence-corrected chi connectivity index (χ4v) is 2.87. The number of benzene rings is 1. The zero-order valence-corrected chi connectivity index (χ0v) is 15.3. The van der Waals surface area contributed by atoms with E-state index in [1.54, 1.807) is 24.3 Å². The second kappa shape index (κ2) is 9.59. The van der Waals surface area contributed by atoms with E-state index in [0.29, 0.717) is 17.0 Å². The molecule has 0 aliphatic carbocycles. The smallest absolute Gasteiger partial charge is 0.267 e. The maximum absolute atomic E-state index is 12.4. The van der Waals surface area contributed by atoms with E-state index in [-0.39, 0.29) is 5.78 Å². The summed E-state index contributed by atoms with van der Waals surface area (Å²) in [4.78, 5) is 30.1. The minimum Gasteiger partial charge on any atom is -0.369 e. The maximum Gasteiger partial charge on any atom is 0.267 e. The van der Waals surface area contributed by atoms with Crippen LogP contribution in [-0.4, -0.2) is 48.1 Å². The molecule has 0 saturated carbocycles. The fourth-order valence-electron chi connectivity index (χ4n) is 2.87. The zero-order chi connectivity index (χ0) is 19.8. The number of carbonyl (C=O) groups excluding carboxylic acids is 2. The molecule has 7 heteroatoms. The minimum atomic E-state index is -0.637. The number of amides is 1. The number of rotatable bonds is 6. The Kier molecular flexibility index (Phi) is 6.67. The van der Waals surface area contributed by atoms with Crippen molar-refractivity contribution in [3.8, 4) is 0 Å². The van der Waals surface area contributed by atoms with Gasteiger partial charge in [-0.05, 0) is 54.6 Å². The largest absolute Gasteiger partial charge is 0.369 e. The Balaban J connectivity index is 1.64. The number of carbonyl (C=O) groups is 2. The zero-order valence-electron chi connectivity index (χ0n) is 15.3. The van der Waals surface area contributed by atoms with Crippen molar-refractivity contribution in [1.82, 2.24) is 15.8 Å². The molecule has 7 nitrogen and oxygen atoms in total. The van der Waals surface area contributed by atoms with Gasteiger partial charge in [0.2, 0.25) is 0 Å². The third kappa shape index (κ3) is 5.35. The van der Waals surface area contributed by atoms with E-state index in [1.807, 2.05) is 24.3 Å². The van der Waals surface area contributed by atoms with Crippen LogP contribution in [0, 0.1) is 0 Å². The molecule has 1 fully saturated rings. The first-order chi connectivity index (χ1) is 13.7. The molecule has 1 aromatic carbocycles. The predicted octanol–water partition coefficient (Wildman–Crippen LogP) is 1.91. The molecule has 0 unspecified atom stereocenters. The highest BCUT2D eigenvalue weighted by Gasteiger charge is 2.10. The first kappa shape index (κ1) is 19.5. The number of anilines is 1. The van der Waals surface area contributed by atoms with E-state index in [9.17, 15) is 9.59 Å². The molecule has 3 N–H and O–H groups in total. The third-order valence-corrected chi connectivity index (χ3v) is 4.35. The summed E-state index contributed by atoms with van der Waals surface area (Å²) in [6.07, 6.45) is 5.76. The second-order valence-corrected chi connectivity index (χ2v) is 6.28. The monoisotopic (exact) mass is 378 g/mol. The normalized spacial score (nSPS) is 14.5. The van der Waals surface area contributed by atoms with E-state index in [0.717, 1.165) is 31.9 Å². The SMILES string of the molecule is O=C(C=Cc1cccc(C=CC(=O)c2ccc(N3CCNCC3)cc2)n1)NO. The van der Waals surface area contributed by atoms with Gasteiger partial charge in [0.1, 0.15) is 0 Å². The topological polar surface area (TPSA) is 94.6 Å². The molecule has 2 heterocycles. The lowest BCUT2D eigenvalue weighted by molar-refractivity contribution is -0.124. The number of hydrogen-bond acceptors (Lipinski definition) is 6. The van der Waals surface area contributed by atoms with Crippen LogP contribution in [0.25, 0.3) is 12.2 Å². The molecule has 0 atom stereocenters. The van der Waals surface area contributed by atoms with Crippen LogP contribution in [0.5, 0.6) is 0 Å². The Bertz CT molecular complexity index is 885. The highest BCUT2D eigenvalue weighted by Crippen LogP contribution is 2.16. The van der Waals surface area contributed by atoms with E-state index in [2.05, 4.69) is 15.2 Å². The van der Waals surface area contributed by atoms with Gasteiger partial charge in [0.05, 0.1) is 11.4 Å². The molecule has 1 aromatic heterocycles. The Morgan fingerprint density at radius 3 is 2.29 bits per heavy atom. The van der Waals surface area contributed by atoms with Crippen molar-refractivity contribution in [2.24, 2.45) is 0 Å². The molecular weight excluding hydrogens is 356 g/mol. The summed E-state index contributed by atoms with van der Waals surface area (Å²) in [6.45, 7) is 3.86. The Labute approximate surface area is 163 Å². The van der Waals surface area contributed by atoms with Crippen LogP contribution in [-0.2, 0) is 4.79 Å². The molecule has 3 rings (SSSR count). The number of aromatic nitrogens is 1. The van der Waals surface area contributed by atoms with Gasteiger partial charge in [-0.2, -0.15) is 0 Å². The van der Waals surface area contributed by atoms with Crippen molar-refractivity contribution in [2.75, 3.05) is 31.1 Å². The minimum absolute atomic E-state index is 0.103. The highest BCUT2D eigenvalue weighted by atomic mass is 16.5. The molecule has 1 amide bonds. The fraction of sp³-hybridized carbons (Fsp3) is 0.190. The molecule has 1 aliphatic heterocycles. The van der Waals surface area contributed by atoms with Crippen LogP contribution in [0.4, 0.5) is 5.69 Å². The van der Waals surface area contributed by atoms with Crippen LogP contribution in [0.15, 0.2) is 54.6 Å². The number of pyridine rings is 1. The van der Waals surface area contributed by atoms with Crippen molar-refractivity contribution in [3.05, 3.63) is 71.6 Å². The molecule has 1 aliphatic rings. The molecule has 144 valence electrons. The summed E-state index contributed by atoms with van der Waals surface area (Å²) < 4.78 is 0. The van der Waals surface area contributed by atoms with Gasteiger partial charge in [-0.1, -0.05) is 6.07 Å². The molecule has 2 aromatic rings. The predicted molar refractivity (Wildman–Crippen MR) is 108 cm³/mol. The van der Waals surface area contributed by atoms with Gasteiger partial charge in [0, 0.05) is 43.5 Å². The van der Waals surface area contributed by atoms with Gasteiger partial charge in [-0.15, -0.1) is 0 Å². The van der Waals surface area contributed by atoms with Crippen LogP contribution in [0.3, 0.4) is 0 Å².